The maximum atomic E-state index is 13.1. The van der Waals surface area contributed by atoms with Crippen LogP contribution in [0.3, 0.4) is 0 Å². The van der Waals surface area contributed by atoms with E-state index >= 15 is 0 Å². The second-order valence-corrected chi connectivity index (χ2v) is 7.57. The number of hydrogen-bond acceptors (Lipinski definition) is 3. The fourth-order valence-electron chi connectivity index (χ4n) is 3.23. The lowest BCUT2D eigenvalue weighted by molar-refractivity contribution is -0.278. The van der Waals surface area contributed by atoms with Crippen LogP contribution in [-0.4, -0.2) is 15.6 Å². The predicted octanol–water partition coefficient (Wildman–Crippen LogP) is 6.56. The van der Waals surface area contributed by atoms with E-state index in [0.29, 0.717) is 0 Å². The third kappa shape index (κ3) is 5.67. The molecule has 1 heterocycles. The number of aryl methyl sites for hydroxylation is 1. The van der Waals surface area contributed by atoms with Gasteiger partial charge in [0.15, 0.2) is 5.78 Å². The minimum absolute atomic E-state index is 0.0137. The Kier molecular flexibility index (Phi) is 6.55. The van der Waals surface area contributed by atoms with E-state index in [4.69, 9.17) is 0 Å². The fourth-order valence-corrected chi connectivity index (χ4v) is 3.23. The molecule has 0 unspecified atom stereocenters. The smallest absolute Gasteiger partial charge is 0.416 e. The van der Waals surface area contributed by atoms with E-state index in [1.165, 1.54) is 0 Å². The quantitative estimate of drug-likeness (QED) is 0.275. The van der Waals surface area contributed by atoms with Crippen LogP contribution in [0.4, 0.5) is 52.7 Å². The van der Waals surface area contributed by atoms with E-state index in [0.717, 1.165) is 6.92 Å². The van der Waals surface area contributed by atoms with Crippen molar-refractivity contribution >= 4 is 5.78 Å². The molecule has 16 heteroatoms. The van der Waals surface area contributed by atoms with Crippen LogP contribution in [0.15, 0.2) is 36.4 Å². The molecule has 37 heavy (non-hydrogen) atoms. The highest BCUT2D eigenvalue weighted by Gasteiger charge is 2.39. The molecular weight excluding hydrogens is 540 g/mol. The summed E-state index contributed by atoms with van der Waals surface area (Å²) in [5, 5.41) is 16.2. The van der Waals surface area contributed by atoms with Gasteiger partial charge in [0.05, 0.1) is 39.2 Å². The van der Waals surface area contributed by atoms with Crippen molar-refractivity contribution in [3.63, 3.8) is 0 Å². The van der Waals surface area contributed by atoms with Gasteiger partial charge in [-0.2, -0.15) is 57.8 Å². The Morgan fingerprint density at radius 1 is 0.676 bits per heavy atom. The average molecular weight is 549 g/mol. The first-order chi connectivity index (χ1) is 16.6. The Bertz CT molecular complexity index is 1300. The van der Waals surface area contributed by atoms with Gasteiger partial charge in [0.25, 0.3) is 0 Å². The van der Waals surface area contributed by atoms with Gasteiger partial charge in [-0.3, -0.25) is 4.79 Å². The summed E-state index contributed by atoms with van der Waals surface area (Å²) in [5.74, 6) is -3.38. The molecule has 0 aliphatic carbocycles. The second kappa shape index (κ2) is 8.69. The molecule has 0 amide bonds. The molecule has 4 nitrogen and oxygen atoms in total. The minimum Gasteiger partial charge on any atom is -0.858 e. The summed E-state index contributed by atoms with van der Waals surface area (Å²) >= 11 is 0. The summed E-state index contributed by atoms with van der Waals surface area (Å²) in [6.07, 6.45) is -21.3. The molecule has 0 aliphatic heterocycles. The number of ketones is 1. The second-order valence-electron chi connectivity index (χ2n) is 7.57. The Morgan fingerprint density at radius 3 is 1.38 bits per heavy atom. The van der Waals surface area contributed by atoms with E-state index in [2.05, 4.69) is 5.10 Å². The summed E-state index contributed by atoms with van der Waals surface area (Å²) in [6, 6.07) is -0.309. The van der Waals surface area contributed by atoms with Gasteiger partial charge in [0, 0.05) is 11.4 Å². The number of nitrogens with zero attached hydrogens (tertiary/aromatic N) is 2. The van der Waals surface area contributed by atoms with Gasteiger partial charge in [0.2, 0.25) is 0 Å². The van der Waals surface area contributed by atoms with E-state index in [1.807, 2.05) is 0 Å². The Hall–Kier alpha value is -3.72. The van der Waals surface area contributed by atoms with Gasteiger partial charge in [-0.15, -0.1) is 0 Å². The van der Waals surface area contributed by atoms with E-state index in [-0.39, 0.29) is 41.1 Å². The lowest BCUT2D eigenvalue weighted by Crippen LogP contribution is -2.15. The van der Waals surface area contributed by atoms with Gasteiger partial charge in [0.1, 0.15) is 0 Å². The van der Waals surface area contributed by atoms with Crippen molar-refractivity contribution in [3.8, 4) is 11.6 Å². The van der Waals surface area contributed by atoms with Crippen molar-refractivity contribution in [1.29, 1.82) is 0 Å². The molecule has 0 spiro atoms. The summed E-state index contributed by atoms with van der Waals surface area (Å²) < 4.78 is 157. The topological polar surface area (TPSA) is 57.9 Å². The highest BCUT2D eigenvalue weighted by molar-refractivity contribution is 6.11. The predicted molar refractivity (Wildman–Crippen MR) is 97.6 cm³/mol. The van der Waals surface area contributed by atoms with Crippen molar-refractivity contribution < 1.29 is 62.6 Å². The molecular formula is C21H9F12N2O2-. The van der Waals surface area contributed by atoms with Crippen molar-refractivity contribution in [1.82, 2.24) is 9.78 Å². The van der Waals surface area contributed by atoms with Crippen LogP contribution < -0.4 is 5.11 Å². The summed E-state index contributed by atoms with van der Waals surface area (Å²) in [7, 11) is 0. The third-order valence-electron chi connectivity index (χ3n) is 4.91. The fraction of sp³-hybridized carbons (Fsp3) is 0.238. The van der Waals surface area contributed by atoms with Crippen LogP contribution in [0.25, 0.3) is 5.69 Å². The SMILES string of the molecule is Cc1nn(-c2cc(C(F)(F)F)cc(C(F)(F)F)c2)c([O-])c1C(=O)c1cc(C(F)(F)F)cc(C(F)(F)F)c1. The molecule has 0 saturated heterocycles. The van der Waals surface area contributed by atoms with Gasteiger partial charge >= 0.3 is 24.7 Å². The summed E-state index contributed by atoms with van der Waals surface area (Å²) in [6.45, 7) is 0.863. The number of alkyl halides is 12. The Labute approximate surface area is 197 Å². The van der Waals surface area contributed by atoms with E-state index < -0.39 is 81.1 Å². The largest absolute Gasteiger partial charge is 0.858 e. The van der Waals surface area contributed by atoms with Gasteiger partial charge in [-0.25, -0.2) is 4.68 Å². The van der Waals surface area contributed by atoms with Crippen LogP contribution in [0.5, 0.6) is 5.88 Å². The zero-order valence-corrected chi connectivity index (χ0v) is 17.7. The molecule has 0 radical (unpaired) electrons. The van der Waals surface area contributed by atoms with Crippen molar-refractivity contribution in [2.75, 3.05) is 0 Å². The monoisotopic (exact) mass is 549 g/mol. The van der Waals surface area contributed by atoms with Crippen molar-refractivity contribution in [2.24, 2.45) is 0 Å². The molecule has 0 atom stereocenters. The number of carbonyl (C=O) groups excluding carboxylic acids is 1. The van der Waals surface area contributed by atoms with Crippen LogP contribution in [0.2, 0.25) is 0 Å². The Balaban J connectivity index is 2.22. The molecule has 0 aliphatic rings. The van der Waals surface area contributed by atoms with E-state index in [9.17, 15) is 62.6 Å². The maximum absolute atomic E-state index is 13.1. The third-order valence-corrected chi connectivity index (χ3v) is 4.91. The van der Waals surface area contributed by atoms with E-state index in [1.54, 1.807) is 0 Å². The highest BCUT2D eigenvalue weighted by Crippen LogP contribution is 2.39. The summed E-state index contributed by atoms with van der Waals surface area (Å²) in [4.78, 5) is 12.8. The number of hydrogen-bond donors (Lipinski definition) is 0. The molecule has 3 rings (SSSR count). The first kappa shape index (κ1) is 27.9. The average Bonchev–Trinajstić information content (AvgIpc) is 3.04. The summed E-state index contributed by atoms with van der Waals surface area (Å²) in [5.41, 5.74) is -11.7. The molecule has 0 bridgehead atoms. The molecule has 3 aromatic rings. The van der Waals surface area contributed by atoms with Gasteiger partial charge in [-0.1, -0.05) is 0 Å². The molecule has 1 aromatic heterocycles. The number of aromatic nitrogens is 2. The zero-order valence-electron chi connectivity index (χ0n) is 17.7. The lowest BCUT2D eigenvalue weighted by Gasteiger charge is -2.18. The van der Waals surface area contributed by atoms with Crippen LogP contribution >= 0.6 is 0 Å². The molecule has 200 valence electrons. The van der Waals surface area contributed by atoms with Gasteiger partial charge in [-0.05, 0) is 43.3 Å². The number of halogens is 12. The molecule has 2 aromatic carbocycles. The number of rotatable bonds is 3. The zero-order chi connectivity index (χ0) is 28.3. The molecule has 0 N–H and O–H groups in total. The van der Waals surface area contributed by atoms with Crippen molar-refractivity contribution in [2.45, 2.75) is 31.6 Å². The maximum Gasteiger partial charge on any atom is 0.416 e. The molecule has 0 fully saturated rings. The lowest BCUT2D eigenvalue weighted by atomic mass is 9.98. The standard InChI is InChI=1S/C21H10F12N2O2/c1-8-15(16(36)9-2-10(18(22,23)24)4-11(3-9)19(25,26)27)17(37)35(34-8)14-6-12(20(28,29)30)5-13(7-14)21(31,32)33/h2-7,37H,1H3/p-1. The van der Waals surface area contributed by atoms with Crippen LogP contribution in [-0.2, 0) is 24.7 Å². The first-order valence-corrected chi connectivity index (χ1v) is 9.51. The van der Waals surface area contributed by atoms with Crippen LogP contribution in [0, 0.1) is 6.92 Å². The van der Waals surface area contributed by atoms with Crippen LogP contribution in [0.1, 0.15) is 43.9 Å². The van der Waals surface area contributed by atoms with Gasteiger partial charge < -0.3 is 5.11 Å². The Morgan fingerprint density at radius 2 is 1.03 bits per heavy atom. The normalized spacial score (nSPS) is 13.2. The number of carbonyl (C=O) groups is 1. The van der Waals surface area contributed by atoms with Crippen molar-refractivity contribution in [3.05, 3.63) is 75.5 Å². The minimum atomic E-state index is -5.35. The highest BCUT2D eigenvalue weighted by atomic mass is 19.4. The molecule has 0 saturated carbocycles. The first-order valence-electron chi connectivity index (χ1n) is 9.51. The number of benzene rings is 2.